The molecule has 0 spiro atoms. The Hall–Kier alpha value is -4.83. The summed E-state index contributed by atoms with van der Waals surface area (Å²) in [7, 11) is 0. The first kappa shape index (κ1) is 24.2. The topological polar surface area (TPSA) is 113 Å². The summed E-state index contributed by atoms with van der Waals surface area (Å²) in [5, 5.41) is 6.49. The third kappa shape index (κ3) is 4.73. The zero-order chi connectivity index (χ0) is 26.9. The van der Waals surface area contributed by atoms with E-state index in [1.807, 2.05) is 54.6 Å². The lowest BCUT2D eigenvalue weighted by molar-refractivity contribution is -0.125. The van der Waals surface area contributed by atoms with Crippen LogP contribution in [-0.2, 0) is 24.4 Å². The van der Waals surface area contributed by atoms with Crippen molar-refractivity contribution in [3.05, 3.63) is 101 Å². The molecule has 10 nitrogen and oxygen atoms in total. The molecule has 0 saturated carbocycles. The lowest BCUT2D eigenvalue weighted by Gasteiger charge is -2.37. The molecule has 2 unspecified atom stereocenters. The Morgan fingerprint density at radius 2 is 1.68 bits per heavy atom. The van der Waals surface area contributed by atoms with Crippen molar-refractivity contribution in [1.29, 1.82) is 0 Å². The predicted molar refractivity (Wildman–Crippen MR) is 151 cm³/mol. The van der Waals surface area contributed by atoms with Crippen molar-refractivity contribution in [1.82, 2.24) is 20.7 Å². The predicted octanol–water partition coefficient (Wildman–Crippen LogP) is 3.74. The minimum atomic E-state index is -0.356. The molecular weight excluding hydrogens is 506 g/mol. The summed E-state index contributed by atoms with van der Waals surface area (Å²) in [6, 6.07) is 25.9. The Morgan fingerprint density at radius 1 is 0.900 bits per heavy atom. The van der Waals surface area contributed by atoms with Crippen molar-refractivity contribution in [2.24, 2.45) is 5.92 Å². The molecule has 7 rings (SSSR count). The van der Waals surface area contributed by atoms with Gasteiger partial charge in [0, 0.05) is 26.2 Å². The first-order valence-corrected chi connectivity index (χ1v) is 13.4. The van der Waals surface area contributed by atoms with Gasteiger partial charge in [0.1, 0.15) is 5.82 Å². The fourth-order valence-corrected chi connectivity index (χ4v) is 5.43. The molecule has 10 heteroatoms. The number of hydrazine groups is 1. The number of nitrogens with zero attached hydrogens (tertiary/aromatic N) is 3. The maximum absolute atomic E-state index is 13.6. The van der Waals surface area contributed by atoms with Crippen LogP contribution in [0.15, 0.2) is 78.9 Å². The number of fused-ring (bicyclic) bond motifs is 1. The number of amides is 1. The van der Waals surface area contributed by atoms with Gasteiger partial charge in [0.05, 0.1) is 17.5 Å². The van der Waals surface area contributed by atoms with Crippen LogP contribution in [0.1, 0.15) is 28.3 Å². The van der Waals surface area contributed by atoms with Gasteiger partial charge in [-0.2, -0.15) is 9.97 Å². The van der Waals surface area contributed by atoms with Gasteiger partial charge in [-0.1, -0.05) is 66.7 Å². The number of aromatic nitrogens is 2. The van der Waals surface area contributed by atoms with Gasteiger partial charge < -0.3 is 30.4 Å². The maximum Gasteiger partial charge on any atom is 0.231 e. The van der Waals surface area contributed by atoms with Gasteiger partial charge in [-0.25, -0.2) is 5.43 Å². The van der Waals surface area contributed by atoms with E-state index in [4.69, 9.17) is 19.4 Å². The molecule has 4 heterocycles. The van der Waals surface area contributed by atoms with Crippen LogP contribution < -0.4 is 35.9 Å². The van der Waals surface area contributed by atoms with Crippen molar-refractivity contribution < 1.29 is 14.3 Å². The van der Waals surface area contributed by atoms with E-state index in [1.54, 1.807) is 0 Å². The number of benzene rings is 3. The van der Waals surface area contributed by atoms with Gasteiger partial charge in [0.2, 0.25) is 18.6 Å². The SMILES string of the molecule is O=C(NCc1ccc2c(c1)OCO2)C1CN(Cc2ccccc2)c2nc(NCc3ccccc3)nc3c2C1NN3. The van der Waals surface area contributed by atoms with Crippen LogP contribution in [0.25, 0.3) is 0 Å². The first-order chi connectivity index (χ1) is 19.7. The van der Waals surface area contributed by atoms with Crippen molar-refractivity contribution in [2.75, 3.05) is 29.0 Å². The van der Waals surface area contributed by atoms with E-state index in [0.29, 0.717) is 43.7 Å². The quantitative estimate of drug-likeness (QED) is 0.268. The zero-order valence-electron chi connectivity index (χ0n) is 21.8. The monoisotopic (exact) mass is 535 g/mol. The molecule has 4 aromatic rings. The van der Waals surface area contributed by atoms with Crippen LogP contribution in [0.5, 0.6) is 11.5 Å². The molecule has 40 heavy (non-hydrogen) atoms. The highest BCUT2D eigenvalue weighted by molar-refractivity contribution is 5.83. The van der Waals surface area contributed by atoms with Crippen LogP contribution in [0, 0.1) is 5.92 Å². The average Bonchev–Trinajstić information content (AvgIpc) is 3.65. The number of nitrogens with one attached hydrogen (secondary N) is 4. The summed E-state index contributed by atoms with van der Waals surface area (Å²) in [6.07, 6.45) is 0. The Morgan fingerprint density at radius 3 is 2.50 bits per heavy atom. The molecule has 3 aliphatic rings. The molecule has 1 aromatic heterocycles. The third-order valence-electron chi connectivity index (χ3n) is 7.45. The van der Waals surface area contributed by atoms with E-state index in [1.165, 1.54) is 0 Å². The highest BCUT2D eigenvalue weighted by atomic mass is 16.7. The highest BCUT2D eigenvalue weighted by Gasteiger charge is 2.44. The lowest BCUT2D eigenvalue weighted by atomic mass is 9.89. The largest absolute Gasteiger partial charge is 0.454 e. The van der Waals surface area contributed by atoms with Crippen LogP contribution in [0.2, 0.25) is 0 Å². The molecule has 0 aliphatic carbocycles. The summed E-state index contributed by atoms with van der Waals surface area (Å²) in [5.74, 6) is 3.08. The molecule has 0 saturated heterocycles. The number of hydrogen-bond acceptors (Lipinski definition) is 9. The van der Waals surface area contributed by atoms with Gasteiger partial charge in [-0.15, -0.1) is 0 Å². The Kier molecular flexibility index (Phi) is 6.29. The second kappa shape index (κ2) is 10.4. The summed E-state index contributed by atoms with van der Waals surface area (Å²) >= 11 is 0. The fourth-order valence-electron chi connectivity index (χ4n) is 5.43. The van der Waals surface area contributed by atoms with E-state index in [2.05, 4.69) is 50.7 Å². The lowest BCUT2D eigenvalue weighted by Crippen LogP contribution is -2.48. The van der Waals surface area contributed by atoms with Gasteiger partial charge in [0.15, 0.2) is 17.3 Å². The minimum Gasteiger partial charge on any atom is -0.454 e. The zero-order valence-corrected chi connectivity index (χ0v) is 21.8. The van der Waals surface area contributed by atoms with E-state index in [9.17, 15) is 4.79 Å². The normalized spacial score (nSPS) is 18.1. The fraction of sp³-hybridized carbons (Fsp3) is 0.233. The molecule has 0 fully saturated rings. The Balaban J connectivity index is 1.14. The number of carbonyl (C=O) groups is 1. The summed E-state index contributed by atoms with van der Waals surface area (Å²) in [5.41, 5.74) is 10.7. The van der Waals surface area contributed by atoms with Gasteiger partial charge in [-0.3, -0.25) is 4.79 Å². The molecule has 0 bridgehead atoms. The number of carbonyl (C=O) groups excluding carboxylic acids is 1. The molecule has 3 aromatic carbocycles. The van der Waals surface area contributed by atoms with E-state index in [0.717, 1.165) is 33.8 Å². The maximum atomic E-state index is 13.6. The molecular formula is C30H29N7O3. The summed E-state index contributed by atoms with van der Waals surface area (Å²) in [4.78, 5) is 25.5. The van der Waals surface area contributed by atoms with Crippen LogP contribution in [0.3, 0.4) is 0 Å². The van der Waals surface area contributed by atoms with Gasteiger partial charge in [-0.05, 0) is 28.8 Å². The molecule has 0 radical (unpaired) electrons. The molecule has 3 aliphatic heterocycles. The van der Waals surface area contributed by atoms with E-state index in [-0.39, 0.29) is 24.7 Å². The molecule has 202 valence electrons. The second-order valence-corrected chi connectivity index (χ2v) is 10.1. The van der Waals surface area contributed by atoms with Crippen molar-refractivity contribution in [2.45, 2.75) is 25.7 Å². The third-order valence-corrected chi connectivity index (χ3v) is 7.45. The van der Waals surface area contributed by atoms with Crippen LogP contribution >= 0.6 is 0 Å². The summed E-state index contributed by atoms with van der Waals surface area (Å²) in [6.45, 7) is 2.35. The summed E-state index contributed by atoms with van der Waals surface area (Å²) < 4.78 is 10.9. The van der Waals surface area contributed by atoms with Crippen LogP contribution in [0.4, 0.5) is 17.6 Å². The first-order valence-electron chi connectivity index (χ1n) is 13.4. The second-order valence-electron chi connectivity index (χ2n) is 10.1. The van der Waals surface area contributed by atoms with Crippen molar-refractivity contribution in [3.8, 4) is 11.5 Å². The van der Waals surface area contributed by atoms with Crippen molar-refractivity contribution >= 4 is 23.5 Å². The smallest absolute Gasteiger partial charge is 0.231 e. The molecule has 1 amide bonds. The van der Waals surface area contributed by atoms with E-state index < -0.39 is 0 Å². The molecule has 4 N–H and O–H groups in total. The standard InChI is InChI=1S/C30H29N7O3/c38-29(31-15-21-11-12-23-24(13-21)40-18-39-23)22-17-37(16-20-9-5-2-6-10-20)28-25-26(22)35-36-27(25)33-30(34-28)32-14-19-7-3-1-4-8-19/h1-13,22,26,35H,14-18H2,(H,31,38)(H2,32,33,34,36). The average molecular weight is 536 g/mol. The van der Waals surface area contributed by atoms with Crippen molar-refractivity contribution in [3.63, 3.8) is 0 Å². The van der Waals surface area contributed by atoms with Crippen LogP contribution in [-0.4, -0.2) is 29.2 Å². The van der Waals surface area contributed by atoms with E-state index >= 15 is 0 Å². The Labute approximate surface area is 231 Å². The number of rotatable bonds is 8. The van der Waals surface area contributed by atoms with Gasteiger partial charge in [0.25, 0.3) is 0 Å². The number of hydrogen-bond donors (Lipinski definition) is 4. The minimum absolute atomic E-state index is 0.0418. The number of anilines is 3. The number of ether oxygens (including phenoxy) is 2. The Bertz CT molecular complexity index is 1530. The van der Waals surface area contributed by atoms with Gasteiger partial charge >= 0.3 is 0 Å². The molecule has 2 atom stereocenters. The highest BCUT2D eigenvalue weighted by Crippen LogP contribution is 2.44.